The first-order valence-electron chi connectivity index (χ1n) is 19.2. The Morgan fingerprint density at radius 2 is 1.68 bits per heavy atom. The van der Waals surface area contributed by atoms with Crippen LogP contribution in [-0.2, 0) is 51.1 Å². The zero-order valence-corrected chi connectivity index (χ0v) is 32.1. The standard InChI is InChI=1S/C37H47N13O10/c38-8-4-3-7-23-32(53)47-26(14-51)36(57)50-28(34(55)49-30(50)35(56)46-24(37(58)59)10-19-12-40-16-43-19)29(25-13-41-17-44-25)60-15-27(33(54)45-23)48-31(52)21(39)9-18-11-42-22-6-2-1-5-20(18)22/h1-2,5-6,11-13,16-17,21,23-24,26-30,42,51H,3-4,7-10,14-15,38-39H2,(H,40,43)(H,41,44)(H,45,54)(H,46,56)(H,47,53)(H,48,52)(H,49,55)(H,58,59)/t21-,23-,24-,26-,27-,28?,29?,30?/m0/s1. The van der Waals surface area contributed by atoms with Gasteiger partial charge in [-0.1, -0.05) is 18.2 Å². The van der Waals surface area contributed by atoms with Crippen LogP contribution in [0.15, 0.2) is 55.5 Å². The van der Waals surface area contributed by atoms with Crippen molar-refractivity contribution in [1.29, 1.82) is 0 Å². The number of carboxylic acids is 1. The summed E-state index contributed by atoms with van der Waals surface area (Å²) in [6.07, 6.45) is 4.09. The van der Waals surface area contributed by atoms with E-state index in [4.69, 9.17) is 16.2 Å². The average molecular weight is 834 g/mol. The molecule has 2 aliphatic heterocycles. The number of aliphatic hydroxyl groups is 1. The molecule has 2 aliphatic rings. The third-order valence-corrected chi connectivity index (χ3v) is 10.2. The molecule has 60 heavy (non-hydrogen) atoms. The van der Waals surface area contributed by atoms with Crippen molar-refractivity contribution in [2.45, 2.75) is 80.6 Å². The molecule has 23 nitrogen and oxygen atoms in total. The lowest BCUT2D eigenvalue weighted by molar-refractivity contribution is -0.150. The molecule has 0 spiro atoms. The van der Waals surface area contributed by atoms with Crippen LogP contribution in [0.3, 0.4) is 0 Å². The van der Waals surface area contributed by atoms with Crippen LogP contribution in [0.2, 0.25) is 0 Å². The van der Waals surface area contributed by atoms with Crippen LogP contribution in [0.5, 0.6) is 0 Å². The number of aromatic nitrogens is 5. The molecule has 0 aliphatic carbocycles. The summed E-state index contributed by atoms with van der Waals surface area (Å²) in [6.45, 7) is -1.43. The molecule has 2 saturated heterocycles. The molecule has 14 N–H and O–H groups in total. The van der Waals surface area contributed by atoms with E-state index in [1.165, 1.54) is 25.0 Å². The molecule has 4 aromatic rings. The van der Waals surface area contributed by atoms with Crippen molar-refractivity contribution >= 4 is 52.3 Å². The number of aliphatic hydroxyl groups excluding tert-OH is 1. The average Bonchev–Trinajstić information content (AvgIpc) is 4.07. The number of nitrogens with zero attached hydrogens (tertiary/aromatic N) is 3. The van der Waals surface area contributed by atoms with Crippen LogP contribution >= 0.6 is 0 Å². The Morgan fingerprint density at radius 1 is 0.933 bits per heavy atom. The number of aliphatic carboxylic acids is 1. The van der Waals surface area contributed by atoms with Crippen molar-refractivity contribution in [2.75, 3.05) is 19.8 Å². The molecular weight excluding hydrogens is 786 g/mol. The Bertz CT molecular complexity index is 2160. The van der Waals surface area contributed by atoms with E-state index in [1.807, 2.05) is 24.3 Å². The van der Waals surface area contributed by atoms with Gasteiger partial charge >= 0.3 is 5.97 Å². The molecule has 0 bridgehead atoms. The van der Waals surface area contributed by atoms with E-state index in [1.54, 1.807) is 6.20 Å². The van der Waals surface area contributed by atoms with Crippen molar-refractivity contribution < 1.29 is 48.5 Å². The fourth-order valence-corrected chi connectivity index (χ4v) is 7.12. The zero-order chi connectivity index (χ0) is 42.9. The van der Waals surface area contributed by atoms with E-state index >= 15 is 0 Å². The maximum Gasteiger partial charge on any atom is 0.326 e. The van der Waals surface area contributed by atoms with Crippen LogP contribution in [-0.4, -0.2) is 144 Å². The molecule has 3 unspecified atom stereocenters. The van der Waals surface area contributed by atoms with Crippen LogP contribution in [0.25, 0.3) is 10.9 Å². The predicted molar refractivity (Wildman–Crippen MR) is 207 cm³/mol. The Morgan fingerprint density at radius 3 is 2.38 bits per heavy atom. The molecular formula is C37H47N13O10. The van der Waals surface area contributed by atoms with Crippen LogP contribution in [0.1, 0.15) is 42.3 Å². The van der Waals surface area contributed by atoms with Crippen LogP contribution in [0, 0.1) is 0 Å². The number of nitrogens with two attached hydrogens (primary N) is 2. The predicted octanol–water partition coefficient (Wildman–Crippen LogP) is -3.70. The number of hydrogen-bond acceptors (Lipinski definition) is 13. The van der Waals surface area contributed by atoms with Gasteiger partial charge in [0.05, 0.1) is 43.8 Å². The Hall–Kier alpha value is -6.69. The molecule has 23 heteroatoms. The van der Waals surface area contributed by atoms with Gasteiger partial charge in [-0.05, 0) is 43.9 Å². The SMILES string of the molecule is NCCCC[C@@H]1NC(=O)[C@@H](NC(=O)[C@@H](N)Cc2c[nH]c3ccccc23)COC(c2cnc[nH]2)C2C(=O)NC(C(=O)N[C@@H](Cc3cnc[nH]3)C(=O)O)N2C(=O)[C@H](CO)NC1=O. The van der Waals surface area contributed by atoms with Crippen molar-refractivity contribution in [3.05, 3.63) is 72.5 Å². The zero-order valence-electron chi connectivity index (χ0n) is 32.1. The number of benzene rings is 1. The second-order valence-corrected chi connectivity index (χ2v) is 14.4. The summed E-state index contributed by atoms with van der Waals surface area (Å²) in [5.41, 5.74) is 14.1. The summed E-state index contributed by atoms with van der Waals surface area (Å²) in [6, 6.07) is -1.77. The van der Waals surface area contributed by atoms with Crippen molar-refractivity contribution in [3.63, 3.8) is 0 Å². The fraction of sp³-hybridized carbons (Fsp3) is 0.432. The highest BCUT2D eigenvalue weighted by Crippen LogP contribution is 2.30. The monoisotopic (exact) mass is 833 g/mol. The number of nitrogens with one attached hydrogen (secondary N) is 8. The van der Waals surface area contributed by atoms with Crippen molar-refractivity contribution in [2.24, 2.45) is 11.5 Å². The van der Waals surface area contributed by atoms with Gasteiger partial charge in [-0.15, -0.1) is 0 Å². The molecule has 2 fully saturated rings. The quantitative estimate of drug-likeness (QED) is 0.0513. The minimum absolute atomic E-state index is 0.0177. The summed E-state index contributed by atoms with van der Waals surface area (Å²) in [4.78, 5) is 114. The van der Waals surface area contributed by atoms with Crippen molar-refractivity contribution in [3.8, 4) is 0 Å². The van der Waals surface area contributed by atoms with Gasteiger partial charge in [0.2, 0.25) is 29.5 Å². The molecule has 8 atom stereocenters. The lowest BCUT2D eigenvalue weighted by Gasteiger charge is -2.34. The minimum Gasteiger partial charge on any atom is -0.480 e. The number of fused-ring (bicyclic) bond motifs is 2. The largest absolute Gasteiger partial charge is 0.480 e. The lowest BCUT2D eigenvalue weighted by atomic mass is 10.0. The summed E-state index contributed by atoms with van der Waals surface area (Å²) in [5.74, 6) is -7.23. The third-order valence-electron chi connectivity index (χ3n) is 10.2. The Balaban J connectivity index is 1.34. The smallest absolute Gasteiger partial charge is 0.326 e. The summed E-state index contributed by atoms with van der Waals surface area (Å²) in [5, 5.41) is 33.7. The number of aromatic amines is 3. The van der Waals surface area contributed by atoms with E-state index in [-0.39, 0.29) is 31.5 Å². The van der Waals surface area contributed by atoms with E-state index < -0.39 is 103 Å². The van der Waals surface area contributed by atoms with Gasteiger partial charge in [-0.25, -0.2) is 14.8 Å². The number of rotatable bonds is 15. The van der Waals surface area contributed by atoms with Crippen LogP contribution in [0.4, 0.5) is 0 Å². The topological polar surface area (TPSA) is 358 Å². The minimum atomic E-state index is -1.90. The molecule has 6 rings (SSSR count). The maximum absolute atomic E-state index is 14.5. The molecule has 5 heterocycles. The van der Waals surface area contributed by atoms with E-state index in [0.29, 0.717) is 18.5 Å². The fourth-order valence-electron chi connectivity index (χ4n) is 7.12. The van der Waals surface area contributed by atoms with Gasteiger partial charge in [0.15, 0.2) is 6.17 Å². The van der Waals surface area contributed by atoms with E-state index in [0.717, 1.165) is 21.4 Å². The number of carboxylic acid groups (broad SMARTS) is 1. The molecule has 320 valence electrons. The second-order valence-electron chi connectivity index (χ2n) is 14.4. The number of unbranched alkanes of at least 4 members (excludes halogenated alkanes) is 1. The first-order chi connectivity index (χ1) is 28.9. The summed E-state index contributed by atoms with van der Waals surface area (Å²) < 4.78 is 6.24. The van der Waals surface area contributed by atoms with E-state index in [9.17, 15) is 43.8 Å². The molecule has 3 aromatic heterocycles. The number of carbonyl (C=O) groups excluding carboxylic acids is 6. The normalized spacial score (nSPS) is 23.6. The lowest BCUT2D eigenvalue weighted by Crippen LogP contribution is -2.62. The summed E-state index contributed by atoms with van der Waals surface area (Å²) >= 11 is 0. The first-order valence-corrected chi connectivity index (χ1v) is 19.2. The number of para-hydroxylation sites is 1. The number of carbonyl (C=O) groups is 7. The van der Waals surface area contributed by atoms with Gasteiger partial charge in [0, 0.05) is 35.4 Å². The van der Waals surface area contributed by atoms with Gasteiger partial charge < -0.3 is 68.0 Å². The molecule has 6 amide bonds. The molecule has 0 saturated carbocycles. The molecule has 1 aromatic carbocycles. The highest BCUT2D eigenvalue weighted by atomic mass is 16.5. The van der Waals surface area contributed by atoms with Crippen LogP contribution < -0.4 is 38.1 Å². The number of hydrogen-bond donors (Lipinski definition) is 12. The highest BCUT2D eigenvalue weighted by Gasteiger charge is 2.53. The Labute approximate surface area is 341 Å². The first kappa shape index (κ1) is 42.9. The highest BCUT2D eigenvalue weighted by molar-refractivity contribution is 6.02. The van der Waals surface area contributed by atoms with Gasteiger partial charge in [0.1, 0.15) is 36.3 Å². The second kappa shape index (κ2) is 19.4. The number of amides is 6. The van der Waals surface area contributed by atoms with Gasteiger partial charge in [-0.3, -0.25) is 33.7 Å². The van der Waals surface area contributed by atoms with Crippen molar-refractivity contribution in [1.82, 2.24) is 56.4 Å². The van der Waals surface area contributed by atoms with Gasteiger partial charge in [0.25, 0.3) is 5.91 Å². The van der Waals surface area contributed by atoms with Gasteiger partial charge in [-0.2, -0.15) is 0 Å². The molecule has 0 radical (unpaired) electrons. The number of imidazole rings is 2. The number of ether oxygens (including phenoxy) is 1. The third kappa shape index (κ3) is 9.77. The Kier molecular flexibility index (Phi) is 13.9. The van der Waals surface area contributed by atoms with E-state index in [2.05, 4.69) is 51.5 Å². The maximum atomic E-state index is 14.5. The number of H-pyrrole nitrogens is 3. The summed E-state index contributed by atoms with van der Waals surface area (Å²) in [7, 11) is 0.